The first-order valence-corrected chi connectivity index (χ1v) is 5.93. The van der Waals surface area contributed by atoms with Crippen LogP contribution in [0.4, 0.5) is 0 Å². The Bertz CT molecular complexity index is 443. The maximum atomic E-state index is 9.16. The van der Waals surface area contributed by atoms with Gasteiger partial charge in [0.25, 0.3) is 0 Å². The van der Waals surface area contributed by atoms with E-state index in [-0.39, 0.29) is 6.61 Å². The van der Waals surface area contributed by atoms with E-state index in [1.807, 2.05) is 26.1 Å². The number of benzene rings is 1. The lowest BCUT2D eigenvalue weighted by Gasteiger charge is -2.09. The van der Waals surface area contributed by atoms with Crippen LogP contribution in [0.2, 0.25) is 0 Å². The normalized spacial score (nSPS) is 10.4. The van der Waals surface area contributed by atoms with Crippen LogP contribution < -0.4 is 0 Å². The van der Waals surface area contributed by atoms with Gasteiger partial charge in [0.05, 0.1) is 12.1 Å². The maximum absolute atomic E-state index is 9.16. The van der Waals surface area contributed by atoms with Crippen LogP contribution in [0.3, 0.4) is 0 Å². The smallest absolute Gasteiger partial charge is 0.0702 e. The van der Waals surface area contributed by atoms with Crippen molar-refractivity contribution in [2.45, 2.75) is 40.2 Å². The van der Waals surface area contributed by atoms with Crippen molar-refractivity contribution in [2.24, 2.45) is 0 Å². The Balaban J connectivity index is 0.000000606. The number of aromatic amines is 1. The third-order valence-electron chi connectivity index (χ3n) is 2.64. The molecule has 2 rings (SSSR count). The van der Waals surface area contributed by atoms with Crippen molar-refractivity contribution in [1.29, 1.82) is 0 Å². The summed E-state index contributed by atoms with van der Waals surface area (Å²) in [6.45, 7) is 8.45. The van der Waals surface area contributed by atoms with Crippen LogP contribution >= 0.6 is 0 Å². The first-order chi connectivity index (χ1) is 7.74. The topological polar surface area (TPSA) is 36.0 Å². The van der Waals surface area contributed by atoms with Crippen molar-refractivity contribution in [2.75, 3.05) is 0 Å². The van der Waals surface area contributed by atoms with E-state index in [4.69, 9.17) is 5.11 Å². The molecule has 0 saturated heterocycles. The van der Waals surface area contributed by atoms with E-state index >= 15 is 0 Å². The average molecular weight is 219 g/mol. The van der Waals surface area contributed by atoms with Gasteiger partial charge in [0, 0.05) is 17.1 Å². The van der Waals surface area contributed by atoms with Crippen molar-refractivity contribution in [3.63, 3.8) is 0 Å². The van der Waals surface area contributed by atoms with Crippen molar-refractivity contribution < 1.29 is 5.11 Å². The Morgan fingerprint density at radius 2 is 1.88 bits per heavy atom. The van der Waals surface area contributed by atoms with Gasteiger partial charge in [0.1, 0.15) is 0 Å². The Morgan fingerprint density at radius 3 is 2.44 bits per heavy atom. The number of rotatable bonds is 2. The minimum Gasteiger partial charge on any atom is -0.392 e. The van der Waals surface area contributed by atoms with Gasteiger partial charge in [-0.2, -0.15) is 0 Å². The molecule has 0 atom stereocenters. The maximum Gasteiger partial charge on any atom is 0.0702 e. The van der Waals surface area contributed by atoms with E-state index in [0.717, 1.165) is 11.1 Å². The van der Waals surface area contributed by atoms with Crippen LogP contribution in [0.1, 0.15) is 44.7 Å². The molecule has 88 valence electrons. The van der Waals surface area contributed by atoms with Gasteiger partial charge >= 0.3 is 0 Å². The van der Waals surface area contributed by atoms with Gasteiger partial charge in [-0.05, 0) is 17.5 Å². The number of H-pyrrole nitrogens is 1. The highest BCUT2D eigenvalue weighted by molar-refractivity contribution is 5.86. The Morgan fingerprint density at radius 1 is 1.19 bits per heavy atom. The zero-order chi connectivity index (χ0) is 12.1. The Kier molecular flexibility index (Phi) is 4.56. The van der Waals surface area contributed by atoms with Crippen molar-refractivity contribution >= 4 is 10.9 Å². The van der Waals surface area contributed by atoms with E-state index in [2.05, 4.69) is 31.0 Å². The van der Waals surface area contributed by atoms with Crippen molar-refractivity contribution in [3.8, 4) is 0 Å². The van der Waals surface area contributed by atoms with Gasteiger partial charge in [-0.25, -0.2) is 0 Å². The van der Waals surface area contributed by atoms with Crippen molar-refractivity contribution in [3.05, 3.63) is 35.5 Å². The molecular weight excluding hydrogens is 198 g/mol. The molecule has 2 N–H and O–H groups in total. The average Bonchev–Trinajstić information content (AvgIpc) is 2.78. The Labute approximate surface area is 97.3 Å². The molecule has 0 bridgehead atoms. The summed E-state index contributed by atoms with van der Waals surface area (Å²) in [5.74, 6) is 0.515. The molecule has 0 fully saturated rings. The second kappa shape index (κ2) is 5.71. The molecule has 0 aliphatic heterocycles. The molecule has 2 aromatic rings. The summed E-state index contributed by atoms with van der Waals surface area (Å²) in [5.41, 5.74) is 3.37. The molecule has 0 aliphatic rings. The number of aliphatic hydroxyl groups is 1. The molecule has 1 heterocycles. The quantitative estimate of drug-likeness (QED) is 0.791. The highest BCUT2D eigenvalue weighted by Crippen LogP contribution is 2.27. The molecule has 2 heteroatoms. The molecule has 0 saturated carbocycles. The fourth-order valence-corrected chi connectivity index (χ4v) is 1.87. The molecule has 0 unspecified atom stereocenters. The fourth-order valence-electron chi connectivity index (χ4n) is 1.87. The highest BCUT2D eigenvalue weighted by atomic mass is 16.3. The fraction of sp³-hybridized carbons (Fsp3) is 0.429. The molecular formula is C14H21NO. The van der Waals surface area contributed by atoms with Gasteiger partial charge in [0.15, 0.2) is 0 Å². The number of hydrogen-bond donors (Lipinski definition) is 2. The van der Waals surface area contributed by atoms with E-state index in [0.29, 0.717) is 5.92 Å². The van der Waals surface area contributed by atoms with Gasteiger partial charge in [-0.15, -0.1) is 0 Å². The van der Waals surface area contributed by atoms with Gasteiger partial charge in [-0.3, -0.25) is 0 Å². The van der Waals surface area contributed by atoms with E-state index in [1.165, 1.54) is 10.9 Å². The predicted octanol–water partition coefficient (Wildman–Crippen LogP) is 3.81. The lowest BCUT2D eigenvalue weighted by molar-refractivity contribution is 0.283. The van der Waals surface area contributed by atoms with Crippen LogP contribution in [0.15, 0.2) is 24.4 Å². The van der Waals surface area contributed by atoms with Gasteiger partial charge in [0.2, 0.25) is 0 Å². The largest absolute Gasteiger partial charge is 0.392 e. The van der Waals surface area contributed by atoms with E-state index in [1.54, 1.807) is 0 Å². The number of aliphatic hydroxyl groups excluding tert-OH is 1. The first-order valence-electron chi connectivity index (χ1n) is 5.93. The van der Waals surface area contributed by atoms with Crippen LogP contribution in [-0.2, 0) is 6.61 Å². The molecule has 0 radical (unpaired) electrons. The summed E-state index contributed by atoms with van der Waals surface area (Å²) in [4.78, 5) is 3.17. The predicted molar refractivity (Wildman–Crippen MR) is 69.7 cm³/mol. The van der Waals surface area contributed by atoms with Crippen LogP contribution in [0.25, 0.3) is 10.9 Å². The molecule has 1 aromatic heterocycles. The highest BCUT2D eigenvalue weighted by Gasteiger charge is 2.08. The summed E-state index contributed by atoms with van der Waals surface area (Å²) in [6, 6.07) is 6.17. The second-order valence-electron chi connectivity index (χ2n) is 3.89. The van der Waals surface area contributed by atoms with Crippen LogP contribution in [0, 0.1) is 0 Å². The van der Waals surface area contributed by atoms with E-state index in [9.17, 15) is 0 Å². The molecule has 0 aliphatic carbocycles. The summed E-state index contributed by atoms with van der Waals surface area (Å²) in [6.07, 6.45) is 1.93. The lowest BCUT2D eigenvalue weighted by Crippen LogP contribution is -1.92. The number of aromatic nitrogens is 1. The lowest BCUT2D eigenvalue weighted by atomic mass is 9.97. The summed E-state index contributed by atoms with van der Waals surface area (Å²) >= 11 is 0. The zero-order valence-electron chi connectivity index (χ0n) is 10.5. The van der Waals surface area contributed by atoms with Gasteiger partial charge < -0.3 is 10.1 Å². The number of nitrogens with one attached hydrogen (secondary N) is 1. The monoisotopic (exact) mass is 219 g/mol. The van der Waals surface area contributed by atoms with E-state index < -0.39 is 0 Å². The van der Waals surface area contributed by atoms with Crippen molar-refractivity contribution in [1.82, 2.24) is 4.98 Å². The van der Waals surface area contributed by atoms with Gasteiger partial charge in [-0.1, -0.05) is 39.8 Å². The third kappa shape index (κ3) is 2.27. The molecule has 0 amide bonds. The molecule has 16 heavy (non-hydrogen) atoms. The first kappa shape index (κ1) is 12.8. The minimum absolute atomic E-state index is 0.0926. The summed E-state index contributed by atoms with van der Waals surface area (Å²) in [5, 5.41) is 10.4. The number of fused-ring (bicyclic) bond motifs is 1. The standard InChI is InChI=1S/C12H15NO.C2H6/c1-8(2)10-4-3-9(7-14)12-11(10)5-6-13-12;1-2/h3-6,8,13-14H,7H2,1-2H3;1-2H3. The summed E-state index contributed by atoms with van der Waals surface area (Å²) < 4.78 is 0. The third-order valence-corrected chi connectivity index (χ3v) is 2.64. The number of hydrogen-bond acceptors (Lipinski definition) is 1. The van der Waals surface area contributed by atoms with Crippen LogP contribution in [0.5, 0.6) is 0 Å². The minimum atomic E-state index is 0.0926. The molecule has 1 aromatic carbocycles. The zero-order valence-corrected chi connectivity index (χ0v) is 10.5. The SMILES string of the molecule is CC.CC(C)c1ccc(CO)c2[nH]ccc12. The molecule has 0 spiro atoms. The molecule has 2 nitrogen and oxygen atoms in total. The Hall–Kier alpha value is -1.28. The van der Waals surface area contributed by atoms with Crippen LogP contribution in [-0.4, -0.2) is 10.1 Å². The second-order valence-corrected chi connectivity index (χ2v) is 3.89. The summed E-state index contributed by atoms with van der Waals surface area (Å²) in [7, 11) is 0.